The molecule has 0 spiro atoms. The quantitative estimate of drug-likeness (QED) is 0.874. The number of rotatable bonds is 5. The maximum Gasteiger partial charge on any atom is 0.165 e. The van der Waals surface area contributed by atoms with Crippen molar-refractivity contribution in [2.75, 3.05) is 0 Å². The first-order valence-corrected chi connectivity index (χ1v) is 6.03. The van der Waals surface area contributed by atoms with Gasteiger partial charge in [0.2, 0.25) is 0 Å². The van der Waals surface area contributed by atoms with E-state index >= 15 is 0 Å². The summed E-state index contributed by atoms with van der Waals surface area (Å²) in [6.07, 6.45) is 8.76. The van der Waals surface area contributed by atoms with Crippen LogP contribution in [0.25, 0.3) is 0 Å². The maximum absolute atomic E-state index is 5.93. The Labute approximate surface area is 107 Å². The molecule has 0 bridgehead atoms. The summed E-state index contributed by atoms with van der Waals surface area (Å²) >= 11 is 0. The molecule has 2 aromatic rings. The van der Waals surface area contributed by atoms with Crippen molar-refractivity contribution in [1.82, 2.24) is 14.8 Å². The van der Waals surface area contributed by atoms with Gasteiger partial charge in [-0.2, -0.15) is 5.10 Å². The van der Waals surface area contributed by atoms with Crippen LogP contribution < -0.4 is 10.5 Å². The first-order valence-electron chi connectivity index (χ1n) is 6.03. The molecule has 96 valence electrons. The first-order chi connectivity index (χ1) is 8.67. The van der Waals surface area contributed by atoms with Gasteiger partial charge >= 0.3 is 0 Å². The topological polar surface area (TPSA) is 66.0 Å². The molecule has 0 saturated heterocycles. The fraction of sp³-hybridized carbons (Fsp3) is 0.385. The van der Waals surface area contributed by atoms with Crippen molar-refractivity contribution in [2.24, 2.45) is 12.8 Å². The molecule has 5 nitrogen and oxygen atoms in total. The van der Waals surface area contributed by atoms with Gasteiger partial charge in [0.25, 0.3) is 0 Å². The molecule has 0 aliphatic heterocycles. The van der Waals surface area contributed by atoms with Crippen LogP contribution in [0.4, 0.5) is 0 Å². The number of aromatic nitrogens is 3. The fourth-order valence-corrected chi connectivity index (χ4v) is 1.67. The van der Waals surface area contributed by atoms with E-state index in [4.69, 9.17) is 10.5 Å². The van der Waals surface area contributed by atoms with Gasteiger partial charge in [-0.25, -0.2) is 0 Å². The van der Waals surface area contributed by atoms with E-state index in [0.717, 1.165) is 18.4 Å². The predicted octanol–water partition coefficient (Wildman–Crippen LogP) is 1.89. The largest absolute Gasteiger partial charge is 0.452 e. The van der Waals surface area contributed by atoms with E-state index < -0.39 is 0 Å². The number of ether oxygens (including phenoxy) is 1. The van der Waals surface area contributed by atoms with E-state index in [1.807, 2.05) is 25.5 Å². The summed E-state index contributed by atoms with van der Waals surface area (Å²) in [5.74, 6) is 1.42. The summed E-state index contributed by atoms with van der Waals surface area (Å²) in [5, 5.41) is 4.05. The lowest BCUT2D eigenvalue weighted by Gasteiger charge is -2.09. The SMILES string of the molecule is CCC(N)Cc1cncc(Oc2cnn(C)c2)c1. The number of nitrogens with two attached hydrogens (primary N) is 1. The van der Waals surface area contributed by atoms with Gasteiger partial charge in [-0.1, -0.05) is 6.92 Å². The van der Waals surface area contributed by atoms with Crippen LogP contribution >= 0.6 is 0 Å². The second-order valence-corrected chi connectivity index (χ2v) is 4.35. The Balaban J connectivity index is 2.07. The van der Waals surface area contributed by atoms with Crippen molar-refractivity contribution in [1.29, 1.82) is 0 Å². The Morgan fingerprint density at radius 1 is 1.33 bits per heavy atom. The fourth-order valence-electron chi connectivity index (χ4n) is 1.67. The minimum Gasteiger partial charge on any atom is -0.452 e. The molecule has 2 N–H and O–H groups in total. The monoisotopic (exact) mass is 246 g/mol. The molecule has 18 heavy (non-hydrogen) atoms. The van der Waals surface area contributed by atoms with Gasteiger partial charge in [0.1, 0.15) is 5.75 Å². The first kappa shape index (κ1) is 12.6. The summed E-state index contributed by atoms with van der Waals surface area (Å²) < 4.78 is 7.36. The van der Waals surface area contributed by atoms with Gasteiger partial charge in [-0.3, -0.25) is 9.67 Å². The van der Waals surface area contributed by atoms with E-state index in [-0.39, 0.29) is 6.04 Å². The van der Waals surface area contributed by atoms with Crippen LogP contribution in [0.5, 0.6) is 11.5 Å². The van der Waals surface area contributed by atoms with Gasteiger partial charge < -0.3 is 10.5 Å². The Kier molecular flexibility index (Phi) is 3.94. The molecule has 2 aromatic heterocycles. The van der Waals surface area contributed by atoms with Crippen LogP contribution in [0.2, 0.25) is 0 Å². The highest BCUT2D eigenvalue weighted by atomic mass is 16.5. The number of hydrogen-bond acceptors (Lipinski definition) is 4. The molecule has 0 saturated carbocycles. The highest BCUT2D eigenvalue weighted by Gasteiger charge is 2.05. The average molecular weight is 246 g/mol. The van der Waals surface area contributed by atoms with Crippen LogP contribution in [0, 0.1) is 0 Å². The Hall–Kier alpha value is -1.88. The van der Waals surface area contributed by atoms with Crippen LogP contribution in [-0.4, -0.2) is 20.8 Å². The van der Waals surface area contributed by atoms with Crippen molar-refractivity contribution in [2.45, 2.75) is 25.8 Å². The molecule has 1 unspecified atom stereocenters. The normalized spacial score (nSPS) is 12.4. The smallest absolute Gasteiger partial charge is 0.165 e. The lowest BCUT2D eigenvalue weighted by molar-refractivity contribution is 0.478. The molecule has 2 heterocycles. The van der Waals surface area contributed by atoms with Crippen LogP contribution in [0.15, 0.2) is 30.9 Å². The van der Waals surface area contributed by atoms with E-state index in [0.29, 0.717) is 11.5 Å². The molecule has 2 rings (SSSR count). The van der Waals surface area contributed by atoms with Gasteiger partial charge in [-0.15, -0.1) is 0 Å². The molecule has 0 aliphatic rings. The minimum atomic E-state index is 0.167. The summed E-state index contributed by atoms with van der Waals surface area (Å²) in [4.78, 5) is 4.17. The minimum absolute atomic E-state index is 0.167. The molecule has 1 atom stereocenters. The lowest BCUT2D eigenvalue weighted by atomic mass is 10.1. The van der Waals surface area contributed by atoms with E-state index in [1.165, 1.54) is 0 Å². The third-order valence-corrected chi connectivity index (χ3v) is 2.71. The third-order valence-electron chi connectivity index (χ3n) is 2.71. The Morgan fingerprint density at radius 3 is 2.83 bits per heavy atom. The molecule has 0 amide bonds. The Morgan fingerprint density at radius 2 is 2.17 bits per heavy atom. The van der Waals surface area contributed by atoms with Crippen LogP contribution in [0.1, 0.15) is 18.9 Å². The number of hydrogen-bond donors (Lipinski definition) is 1. The van der Waals surface area contributed by atoms with Gasteiger partial charge in [0, 0.05) is 19.3 Å². The van der Waals surface area contributed by atoms with Crippen molar-refractivity contribution >= 4 is 0 Å². The van der Waals surface area contributed by atoms with Crippen LogP contribution in [0.3, 0.4) is 0 Å². The molecule has 0 fully saturated rings. The number of aryl methyl sites for hydroxylation is 1. The molecule has 0 radical (unpaired) electrons. The van der Waals surface area contributed by atoms with E-state index in [2.05, 4.69) is 17.0 Å². The molecule has 0 aromatic carbocycles. The maximum atomic E-state index is 5.93. The number of pyridine rings is 1. The second kappa shape index (κ2) is 5.64. The summed E-state index contributed by atoms with van der Waals surface area (Å²) in [5.41, 5.74) is 7.02. The van der Waals surface area contributed by atoms with Crippen molar-refractivity contribution in [3.8, 4) is 11.5 Å². The summed E-state index contributed by atoms with van der Waals surface area (Å²) in [7, 11) is 1.85. The average Bonchev–Trinajstić information content (AvgIpc) is 2.75. The molecule has 0 aliphatic carbocycles. The highest BCUT2D eigenvalue weighted by Crippen LogP contribution is 2.20. The van der Waals surface area contributed by atoms with Gasteiger partial charge in [-0.05, 0) is 24.5 Å². The molecular weight excluding hydrogens is 228 g/mol. The third kappa shape index (κ3) is 3.30. The second-order valence-electron chi connectivity index (χ2n) is 4.35. The van der Waals surface area contributed by atoms with Gasteiger partial charge in [0.15, 0.2) is 5.75 Å². The van der Waals surface area contributed by atoms with E-state index in [1.54, 1.807) is 17.1 Å². The lowest BCUT2D eigenvalue weighted by Crippen LogP contribution is -2.21. The molecule has 5 heteroatoms. The van der Waals surface area contributed by atoms with Crippen LogP contribution in [-0.2, 0) is 13.5 Å². The zero-order chi connectivity index (χ0) is 13.0. The predicted molar refractivity (Wildman–Crippen MR) is 69.5 cm³/mol. The van der Waals surface area contributed by atoms with E-state index in [9.17, 15) is 0 Å². The van der Waals surface area contributed by atoms with Crippen molar-refractivity contribution < 1.29 is 4.74 Å². The zero-order valence-corrected chi connectivity index (χ0v) is 10.7. The summed E-state index contributed by atoms with van der Waals surface area (Å²) in [6.45, 7) is 2.08. The van der Waals surface area contributed by atoms with Crippen molar-refractivity contribution in [3.05, 3.63) is 36.4 Å². The molecular formula is C13H18N4O. The standard InChI is InChI=1S/C13H18N4O/c1-3-11(14)4-10-5-12(7-15-6-10)18-13-8-16-17(2)9-13/h5-9,11H,3-4,14H2,1-2H3. The Bertz CT molecular complexity index is 509. The van der Waals surface area contributed by atoms with Gasteiger partial charge in [0.05, 0.1) is 18.6 Å². The van der Waals surface area contributed by atoms with Crippen molar-refractivity contribution in [3.63, 3.8) is 0 Å². The zero-order valence-electron chi connectivity index (χ0n) is 10.7. The summed E-state index contributed by atoms with van der Waals surface area (Å²) in [6, 6.07) is 2.13. The highest BCUT2D eigenvalue weighted by molar-refractivity contribution is 5.29. The number of nitrogens with zero attached hydrogens (tertiary/aromatic N) is 3.